The van der Waals surface area contributed by atoms with Crippen LogP contribution in [0.3, 0.4) is 0 Å². The van der Waals surface area contributed by atoms with E-state index in [0.717, 1.165) is 30.1 Å². The molecule has 1 fully saturated rings. The van der Waals surface area contributed by atoms with E-state index in [1.807, 2.05) is 30.5 Å². The normalized spacial score (nSPS) is 16.5. The number of carbonyl (C=O) groups excluding carboxylic acids is 1. The molecule has 0 N–H and O–H groups in total. The second-order valence-electron chi connectivity index (χ2n) is 7.07. The zero-order chi connectivity index (χ0) is 20.9. The van der Waals surface area contributed by atoms with Gasteiger partial charge in [-0.3, -0.25) is 4.90 Å². The number of rotatable bonds is 7. The van der Waals surface area contributed by atoms with Gasteiger partial charge < -0.3 is 14.2 Å². The van der Waals surface area contributed by atoms with Gasteiger partial charge in [-0.1, -0.05) is 29.5 Å². The molecule has 1 aromatic heterocycles. The van der Waals surface area contributed by atoms with Crippen LogP contribution in [-0.4, -0.2) is 53.2 Å². The second-order valence-corrected chi connectivity index (χ2v) is 7.07. The van der Waals surface area contributed by atoms with Gasteiger partial charge in [-0.2, -0.15) is 0 Å². The van der Waals surface area contributed by atoms with Crippen molar-refractivity contribution in [1.29, 1.82) is 0 Å². The molecule has 1 saturated heterocycles. The molecule has 1 atom stereocenters. The Labute approximate surface area is 175 Å². The smallest absolute Gasteiger partial charge is 0.337 e. The Hall–Kier alpha value is -3.23. The van der Waals surface area contributed by atoms with Crippen molar-refractivity contribution < 1.29 is 19.0 Å². The first-order valence-electron chi connectivity index (χ1n) is 9.72. The lowest BCUT2D eigenvalue weighted by Gasteiger charge is -2.21. The monoisotopic (exact) mass is 408 g/mol. The largest absolute Gasteiger partial charge is 0.497 e. The summed E-state index contributed by atoms with van der Waals surface area (Å²) in [5, 5.41) is 8.56. The number of benzene rings is 2. The highest BCUT2D eigenvalue weighted by Gasteiger charge is 2.29. The zero-order valence-corrected chi connectivity index (χ0v) is 17.0. The minimum atomic E-state index is -0.357. The van der Waals surface area contributed by atoms with Crippen molar-refractivity contribution >= 4 is 5.97 Å². The van der Waals surface area contributed by atoms with Crippen LogP contribution in [0.1, 0.15) is 33.4 Å². The van der Waals surface area contributed by atoms with Crippen LogP contribution in [0, 0.1) is 0 Å². The summed E-state index contributed by atoms with van der Waals surface area (Å²) in [6.07, 6.45) is 1.66. The molecule has 0 spiro atoms. The third-order valence-corrected chi connectivity index (χ3v) is 5.03. The van der Waals surface area contributed by atoms with Crippen molar-refractivity contribution in [3.63, 3.8) is 0 Å². The first-order chi connectivity index (χ1) is 14.7. The SMILES string of the molecule is COC(=O)c1cccc(Cn2cc(C3OCCN3Cc3ccc(OC)cc3)nn2)c1. The van der Waals surface area contributed by atoms with Crippen LogP contribution in [0.15, 0.2) is 54.7 Å². The van der Waals surface area contributed by atoms with Crippen molar-refractivity contribution in [3.05, 3.63) is 77.1 Å². The van der Waals surface area contributed by atoms with E-state index in [-0.39, 0.29) is 12.2 Å². The molecule has 1 unspecified atom stereocenters. The average molecular weight is 408 g/mol. The number of hydrogen-bond acceptors (Lipinski definition) is 7. The Morgan fingerprint density at radius 2 is 1.97 bits per heavy atom. The third-order valence-electron chi connectivity index (χ3n) is 5.03. The number of ether oxygens (including phenoxy) is 3. The lowest BCUT2D eigenvalue weighted by molar-refractivity contribution is 0.0252. The summed E-state index contributed by atoms with van der Waals surface area (Å²) in [6, 6.07) is 15.3. The molecule has 0 bridgehead atoms. The summed E-state index contributed by atoms with van der Waals surface area (Å²) in [7, 11) is 3.03. The van der Waals surface area contributed by atoms with E-state index in [1.165, 1.54) is 12.7 Å². The molecule has 1 aliphatic rings. The van der Waals surface area contributed by atoms with E-state index in [4.69, 9.17) is 14.2 Å². The quantitative estimate of drug-likeness (QED) is 0.556. The van der Waals surface area contributed by atoms with Crippen molar-refractivity contribution in [2.75, 3.05) is 27.4 Å². The number of esters is 1. The zero-order valence-electron chi connectivity index (χ0n) is 17.0. The van der Waals surface area contributed by atoms with Crippen LogP contribution in [0.5, 0.6) is 5.75 Å². The minimum absolute atomic E-state index is 0.234. The Morgan fingerprint density at radius 3 is 2.73 bits per heavy atom. The van der Waals surface area contributed by atoms with Gasteiger partial charge in [0.2, 0.25) is 0 Å². The number of nitrogens with zero attached hydrogens (tertiary/aromatic N) is 4. The van der Waals surface area contributed by atoms with Gasteiger partial charge in [0.05, 0.1) is 39.1 Å². The maximum Gasteiger partial charge on any atom is 0.337 e. The van der Waals surface area contributed by atoms with Crippen molar-refractivity contribution in [2.24, 2.45) is 0 Å². The molecule has 2 heterocycles. The van der Waals surface area contributed by atoms with Gasteiger partial charge in [-0.05, 0) is 35.4 Å². The molecule has 0 amide bonds. The van der Waals surface area contributed by atoms with Crippen molar-refractivity contribution in [2.45, 2.75) is 19.3 Å². The van der Waals surface area contributed by atoms with Gasteiger partial charge in [-0.25, -0.2) is 9.48 Å². The number of carbonyl (C=O) groups is 1. The molecule has 3 aromatic rings. The summed E-state index contributed by atoms with van der Waals surface area (Å²) < 4.78 is 17.7. The first kappa shape index (κ1) is 20.1. The first-order valence-corrected chi connectivity index (χ1v) is 9.72. The third kappa shape index (κ3) is 4.50. The summed E-state index contributed by atoms with van der Waals surface area (Å²) in [5.41, 5.74) is 3.40. The highest BCUT2D eigenvalue weighted by molar-refractivity contribution is 5.89. The lowest BCUT2D eigenvalue weighted by Crippen LogP contribution is -2.23. The molecule has 0 saturated carbocycles. The lowest BCUT2D eigenvalue weighted by atomic mass is 10.1. The molecule has 0 radical (unpaired) electrons. The topological polar surface area (TPSA) is 78.7 Å². The van der Waals surface area contributed by atoms with Crippen LogP contribution >= 0.6 is 0 Å². The van der Waals surface area contributed by atoms with E-state index < -0.39 is 0 Å². The fourth-order valence-electron chi connectivity index (χ4n) is 3.51. The molecular formula is C22H24N4O4. The van der Waals surface area contributed by atoms with E-state index >= 15 is 0 Å². The number of methoxy groups -OCH3 is 2. The van der Waals surface area contributed by atoms with Crippen LogP contribution in [-0.2, 0) is 22.6 Å². The van der Waals surface area contributed by atoms with Crippen LogP contribution in [0.25, 0.3) is 0 Å². The van der Waals surface area contributed by atoms with Gasteiger partial charge in [-0.15, -0.1) is 5.10 Å². The molecule has 2 aromatic carbocycles. The number of hydrogen-bond donors (Lipinski definition) is 0. The van der Waals surface area contributed by atoms with Gasteiger partial charge in [0.15, 0.2) is 6.23 Å². The molecule has 8 heteroatoms. The number of aromatic nitrogens is 3. The summed E-state index contributed by atoms with van der Waals surface area (Å²) >= 11 is 0. The molecule has 156 valence electrons. The fourth-order valence-corrected chi connectivity index (χ4v) is 3.51. The predicted octanol–water partition coefficient (Wildman–Crippen LogP) is 2.65. The Kier molecular flexibility index (Phi) is 6.06. The summed E-state index contributed by atoms with van der Waals surface area (Å²) in [4.78, 5) is 14.0. The minimum Gasteiger partial charge on any atom is -0.497 e. The Balaban J connectivity index is 1.44. The highest BCUT2D eigenvalue weighted by atomic mass is 16.5. The van der Waals surface area contributed by atoms with Gasteiger partial charge >= 0.3 is 5.97 Å². The van der Waals surface area contributed by atoms with Crippen molar-refractivity contribution in [1.82, 2.24) is 19.9 Å². The van der Waals surface area contributed by atoms with E-state index in [9.17, 15) is 4.79 Å². The van der Waals surface area contributed by atoms with Crippen LogP contribution < -0.4 is 4.74 Å². The maximum absolute atomic E-state index is 11.7. The van der Waals surface area contributed by atoms with Gasteiger partial charge in [0.25, 0.3) is 0 Å². The molecule has 0 aliphatic carbocycles. The molecule has 4 rings (SSSR count). The van der Waals surface area contributed by atoms with E-state index in [1.54, 1.807) is 23.9 Å². The van der Waals surface area contributed by atoms with Crippen LogP contribution in [0.2, 0.25) is 0 Å². The fraction of sp³-hybridized carbons (Fsp3) is 0.318. The predicted molar refractivity (Wildman–Crippen MR) is 109 cm³/mol. The standard InChI is InChI=1S/C22H24N4O4/c1-28-19-8-6-16(7-9-19)13-25-10-11-30-21(25)20-15-26(24-23-20)14-17-4-3-5-18(12-17)22(27)29-2/h3-9,12,15,21H,10-11,13-14H2,1-2H3. The van der Waals surface area contributed by atoms with Crippen molar-refractivity contribution in [3.8, 4) is 5.75 Å². The Morgan fingerprint density at radius 1 is 1.13 bits per heavy atom. The average Bonchev–Trinajstić information content (AvgIpc) is 3.43. The summed E-state index contributed by atoms with van der Waals surface area (Å²) in [5.74, 6) is 0.483. The second kappa shape index (κ2) is 9.06. The molecular weight excluding hydrogens is 384 g/mol. The van der Waals surface area contributed by atoms with Gasteiger partial charge in [0.1, 0.15) is 11.4 Å². The van der Waals surface area contributed by atoms with E-state index in [2.05, 4.69) is 27.3 Å². The molecule has 8 nitrogen and oxygen atoms in total. The van der Waals surface area contributed by atoms with Gasteiger partial charge in [0, 0.05) is 13.1 Å². The Bertz CT molecular complexity index is 1000. The summed E-state index contributed by atoms with van der Waals surface area (Å²) in [6.45, 7) is 2.73. The van der Waals surface area contributed by atoms with E-state index in [0.29, 0.717) is 18.7 Å². The maximum atomic E-state index is 11.7. The highest BCUT2D eigenvalue weighted by Crippen LogP contribution is 2.27. The molecule has 30 heavy (non-hydrogen) atoms. The molecule has 1 aliphatic heterocycles. The van der Waals surface area contributed by atoms with Crippen LogP contribution in [0.4, 0.5) is 0 Å².